The molecular formula is C19H17FN4O2S. The molecule has 0 aliphatic rings. The number of carbonyl (C=O) groups is 2. The maximum absolute atomic E-state index is 13.5. The zero-order valence-corrected chi connectivity index (χ0v) is 15.1. The number of benzene rings is 2. The fourth-order valence-electron chi connectivity index (χ4n) is 2.28. The molecule has 0 spiro atoms. The Kier molecular flexibility index (Phi) is 6.22. The van der Waals surface area contributed by atoms with E-state index in [1.165, 1.54) is 12.3 Å². The monoisotopic (exact) mass is 384 g/mol. The summed E-state index contributed by atoms with van der Waals surface area (Å²) in [7, 11) is 0. The van der Waals surface area contributed by atoms with E-state index < -0.39 is 11.8 Å². The van der Waals surface area contributed by atoms with Crippen LogP contribution in [0.4, 0.5) is 4.39 Å². The van der Waals surface area contributed by atoms with Crippen molar-refractivity contribution in [2.45, 2.75) is 11.4 Å². The Hall–Kier alpha value is -3.13. The molecular weight excluding hydrogens is 367 g/mol. The van der Waals surface area contributed by atoms with Gasteiger partial charge < -0.3 is 0 Å². The second-order valence-electron chi connectivity index (χ2n) is 5.63. The SMILES string of the molecule is O=C(CSc1ccccc1F)NNC(=O)c1cnn(Cc2ccccc2)c1. The van der Waals surface area contributed by atoms with Gasteiger partial charge in [-0.2, -0.15) is 5.10 Å². The molecule has 0 aliphatic heterocycles. The van der Waals surface area contributed by atoms with E-state index in [-0.39, 0.29) is 11.6 Å². The van der Waals surface area contributed by atoms with Gasteiger partial charge in [-0.1, -0.05) is 42.5 Å². The maximum Gasteiger partial charge on any atom is 0.272 e. The van der Waals surface area contributed by atoms with Crippen molar-refractivity contribution in [1.29, 1.82) is 0 Å². The van der Waals surface area contributed by atoms with Gasteiger partial charge >= 0.3 is 0 Å². The van der Waals surface area contributed by atoms with Crippen LogP contribution in [0.5, 0.6) is 0 Å². The Labute approximate surface area is 159 Å². The fourth-order valence-corrected chi connectivity index (χ4v) is 3.02. The molecule has 0 fully saturated rings. The van der Waals surface area contributed by atoms with Crippen molar-refractivity contribution >= 4 is 23.6 Å². The van der Waals surface area contributed by atoms with Gasteiger partial charge in [-0.15, -0.1) is 11.8 Å². The number of carbonyl (C=O) groups excluding carboxylic acids is 2. The molecule has 3 aromatic rings. The van der Waals surface area contributed by atoms with E-state index in [4.69, 9.17) is 0 Å². The molecule has 1 heterocycles. The molecule has 0 atom stereocenters. The Bertz CT molecular complexity index is 930. The van der Waals surface area contributed by atoms with Gasteiger partial charge in [0.15, 0.2) is 0 Å². The van der Waals surface area contributed by atoms with Crippen LogP contribution in [0.1, 0.15) is 15.9 Å². The van der Waals surface area contributed by atoms with Crippen LogP contribution < -0.4 is 10.9 Å². The van der Waals surface area contributed by atoms with Gasteiger partial charge in [0, 0.05) is 11.1 Å². The standard InChI is InChI=1S/C19H17FN4O2S/c20-16-8-4-5-9-17(16)27-13-18(25)22-23-19(26)15-10-21-24(12-15)11-14-6-2-1-3-7-14/h1-10,12H,11,13H2,(H,22,25)(H,23,26). The van der Waals surface area contributed by atoms with Gasteiger partial charge in [0.2, 0.25) is 5.91 Å². The van der Waals surface area contributed by atoms with Crippen LogP contribution in [0, 0.1) is 5.82 Å². The number of hydrogen-bond acceptors (Lipinski definition) is 4. The van der Waals surface area contributed by atoms with Gasteiger partial charge in [-0.05, 0) is 17.7 Å². The molecule has 27 heavy (non-hydrogen) atoms. The molecule has 2 aromatic carbocycles. The van der Waals surface area contributed by atoms with Crippen LogP contribution in [0.3, 0.4) is 0 Å². The highest BCUT2D eigenvalue weighted by molar-refractivity contribution is 8.00. The van der Waals surface area contributed by atoms with Gasteiger partial charge in [0.05, 0.1) is 24.1 Å². The molecule has 2 N–H and O–H groups in total. The summed E-state index contributed by atoms with van der Waals surface area (Å²) >= 11 is 1.05. The average molecular weight is 384 g/mol. The van der Waals surface area contributed by atoms with E-state index >= 15 is 0 Å². The summed E-state index contributed by atoms with van der Waals surface area (Å²) in [6, 6.07) is 15.9. The molecule has 0 bridgehead atoms. The van der Waals surface area contributed by atoms with Crippen LogP contribution in [0.25, 0.3) is 0 Å². The summed E-state index contributed by atoms with van der Waals surface area (Å²) in [6.07, 6.45) is 3.03. The van der Waals surface area contributed by atoms with Crippen molar-refractivity contribution in [2.75, 3.05) is 5.75 Å². The van der Waals surface area contributed by atoms with Crippen molar-refractivity contribution in [3.63, 3.8) is 0 Å². The molecule has 0 aliphatic carbocycles. The molecule has 8 heteroatoms. The number of nitrogens with zero attached hydrogens (tertiary/aromatic N) is 2. The summed E-state index contributed by atoms with van der Waals surface area (Å²) in [5.41, 5.74) is 6.03. The molecule has 138 valence electrons. The Balaban J connectivity index is 1.46. The first-order valence-corrected chi connectivity index (χ1v) is 9.13. The summed E-state index contributed by atoms with van der Waals surface area (Å²) < 4.78 is 15.1. The van der Waals surface area contributed by atoms with E-state index in [2.05, 4.69) is 16.0 Å². The van der Waals surface area contributed by atoms with E-state index in [0.717, 1.165) is 17.3 Å². The minimum atomic E-state index is -0.474. The van der Waals surface area contributed by atoms with Gasteiger partial charge in [0.1, 0.15) is 5.82 Å². The number of nitrogens with one attached hydrogen (secondary N) is 2. The highest BCUT2D eigenvalue weighted by Crippen LogP contribution is 2.20. The smallest absolute Gasteiger partial charge is 0.272 e. The number of halogens is 1. The van der Waals surface area contributed by atoms with Crippen LogP contribution in [0.2, 0.25) is 0 Å². The largest absolute Gasteiger partial charge is 0.272 e. The number of hydrazine groups is 1. The Morgan fingerprint density at radius 3 is 2.56 bits per heavy atom. The van der Waals surface area contributed by atoms with Crippen LogP contribution in [-0.4, -0.2) is 27.3 Å². The first-order valence-electron chi connectivity index (χ1n) is 8.15. The zero-order chi connectivity index (χ0) is 19.1. The first-order chi connectivity index (χ1) is 13.1. The first kappa shape index (κ1) is 18.7. The molecule has 0 unspecified atom stereocenters. The lowest BCUT2D eigenvalue weighted by Gasteiger charge is -2.06. The summed E-state index contributed by atoms with van der Waals surface area (Å²) in [6.45, 7) is 0.541. The fraction of sp³-hybridized carbons (Fsp3) is 0.105. The summed E-state index contributed by atoms with van der Waals surface area (Å²) in [4.78, 5) is 24.3. The zero-order valence-electron chi connectivity index (χ0n) is 14.3. The van der Waals surface area contributed by atoms with Crippen molar-refractivity contribution in [3.8, 4) is 0 Å². The van der Waals surface area contributed by atoms with Gasteiger partial charge in [-0.25, -0.2) is 4.39 Å². The van der Waals surface area contributed by atoms with Crippen molar-refractivity contribution in [2.24, 2.45) is 0 Å². The maximum atomic E-state index is 13.5. The van der Waals surface area contributed by atoms with E-state index in [1.54, 1.807) is 29.1 Å². The average Bonchev–Trinajstić information content (AvgIpc) is 3.15. The third-order valence-corrected chi connectivity index (χ3v) is 4.64. The normalized spacial score (nSPS) is 10.4. The van der Waals surface area contributed by atoms with Crippen LogP contribution in [-0.2, 0) is 11.3 Å². The van der Waals surface area contributed by atoms with Crippen LogP contribution in [0.15, 0.2) is 71.9 Å². The number of rotatable bonds is 6. The third-order valence-electron chi connectivity index (χ3n) is 3.59. The highest BCUT2D eigenvalue weighted by atomic mass is 32.2. The second kappa shape index (κ2) is 9.00. The quantitative estimate of drug-likeness (QED) is 0.506. The van der Waals surface area contributed by atoms with Crippen LogP contribution >= 0.6 is 11.8 Å². The van der Waals surface area contributed by atoms with Gasteiger partial charge in [-0.3, -0.25) is 25.1 Å². The third kappa shape index (κ3) is 5.42. The van der Waals surface area contributed by atoms with Crippen molar-refractivity contribution in [3.05, 3.63) is 83.9 Å². The Morgan fingerprint density at radius 1 is 1.04 bits per heavy atom. The number of thioether (sulfide) groups is 1. The summed E-state index contributed by atoms with van der Waals surface area (Å²) in [5.74, 6) is -1.31. The lowest BCUT2D eigenvalue weighted by molar-refractivity contribution is -0.119. The number of aromatic nitrogens is 2. The second-order valence-corrected chi connectivity index (χ2v) is 6.65. The molecule has 0 saturated carbocycles. The van der Waals surface area contributed by atoms with E-state index in [1.807, 2.05) is 30.3 Å². The molecule has 6 nitrogen and oxygen atoms in total. The van der Waals surface area contributed by atoms with E-state index in [9.17, 15) is 14.0 Å². The minimum Gasteiger partial charge on any atom is -0.272 e. The molecule has 1 aromatic heterocycles. The molecule has 3 rings (SSSR count). The molecule has 2 amide bonds. The predicted molar refractivity (Wildman–Crippen MR) is 101 cm³/mol. The van der Waals surface area contributed by atoms with Crippen molar-refractivity contribution < 1.29 is 14.0 Å². The summed E-state index contributed by atoms with van der Waals surface area (Å²) in [5, 5.41) is 4.14. The number of hydrogen-bond donors (Lipinski definition) is 2. The predicted octanol–water partition coefficient (Wildman–Crippen LogP) is 2.62. The molecule has 0 radical (unpaired) electrons. The topological polar surface area (TPSA) is 76.0 Å². The lowest BCUT2D eigenvalue weighted by atomic mass is 10.2. The van der Waals surface area contributed by atoms with Crippen molar-refractivity contribution in [1.82, 2.24) is 20.6 Å². The lowest BCUT2D eigenvalue weighted by Crippen LogP contribution is -2.42. The van der Waals surface area contributed by atoms with Gasteiger partial charge in [0.25, 0.3) is 5.91 Å². The highest BCUT2D eigenvalue weighted by Gasteiger charge is 2.11. The van der Waals surface area contributed by atoms with E-state index in [0.29, 0.717) is 17.0 Å². The number of amides is 2. The molecule has 0 saturated heterocycles. The minimum absolute atomic E-state index is 0.0194. The Morgan fingerprint density at radius 2 is 1.78 bits per heavy atom.